The first-order chi connectivity index (χ1) is 2.43. The van der Waals surface area contributed by atoms with E-state index in [1.165, 1.54) is 0 Å². The SMILES string of the molecule is OCN1CC1. The van der Waals surface area contributed by atoms with Crippen LogP contribution in [0.3, 0.4) is 0 Å². The van der Waals surface area contributed by atoms with Gasteiger partial charge in [0.2, 0.25) is 0 Å². The van der Waals surface area contributed by atoms with Crippen molar-refractivity contribution in [3.8, 4) is 0 Å². The topological polar surface area (TPSA) is 23.2 Å². The summed E-state index contributed by atoms with van der Waals surface area (Å²) < 4.78 is 0. The van der Waals surface area contributed by atoms with Crippen LogP contribution in [-0.4, -0.2) is 29.8 Å². The Hall–Kier alpha value is -0.0800. The minimum Gasteiger partial charge on any atom is -0.381 e. The van der Waals surface area contributed by atoms with Crippen LogP contribution in [0.2, 0.25) is 0 Å². The highest BCUT2D eigenvalue weighted by Crippen LogP contribution is 1.97. The minimum atomic E-state index is 0.250. The normalized spacial score (nSPS) is 23.4. The van der Waals surface area contributed by atoms with Crippen molar-refractivity contribution < 1.29 is 5.11 Å². The van der Waals surface area contributed by atoms with Gasteiger partial charge in [0.1, 0.15) is 0 Å². The molecule has 0 bridgehead atoms. The number of aliphatic hydroxyl groups excluding tert-OH is 1. The number of aliphatic hydroxyl groups is 1. The lowest BCUT2D eigenvalue weighted by Crippen LogP contribution is -1.94. The van der Waals surface area contributed by atoms with Crippen LogP contribution in [0.4, 0.5) is 0 Å². The van der Waals surface area contributed by atoms with E-state index in [9.17, 15) is 0 Å². The summed E-state index contributed by atoms with van der Waals surface area (Å²) in [6.07, 6.45) is 0. The molecule has 0 unspecified atom stereocenters. The van der Waals surface area contributed by atoms with Gasteiger partial charge in [0, 0.05) is 13.1 Å². The van der Waals surface area contributed by atoms with Gasteiger partial charge < -0.3 is 5.11 Å². The fraction of sp³-hybridized carbons (Fsp3) is 1.00. The fourth-order valence-corrected chi connectivity index (χ4v) is 0.212. The van der Waals surface area contributed by atoms with E-state index in [0.29, 0.717) is 0 Å². The van der Waals surface area contributed by atoms with E-state index in [0.717, 1.165) is 13.1 Å². The number of hydrogen-bond donors (Lipinski definition) is 1. The molecule has 1 aliphatic heterocycles. The van der Waals surface area contributed by atoms with Gasteiger partial charge in [-0.25, -0.2) is 0 Å². The molecular weight excluding hydrogens is 66.0 g/mol. The second kappa shape index (κ2) is 0.954. The Labute approximate surface area is 31.0 Å². The number of nitrogens with zero attached hydrogens (tertiary/aromatic N) is 1. The van der Waals surface area contributed by atoms with E-state index in [1.54, 1.807) is 0 Å². The fourth-order valence-electron chi connectivity index (χ4n) is 0.212. The molecule has 1 saturated heterocycles. The molecule has 2 heteroatoms. The average molecular weight is 73.1 g/mol. The molecule has 1 fully saturated rings. The van der Waals surface area contributed by atoms with Crippen molar-refractivity contribution in [3.63, 3.8) is 0 Å². The summed E-state index contributed by atoms with van der Waals surface area (Å²) in [6.45, 7) is 2.44. The van der Waals surface area contributed by atoms with Gasteiger partial charge in [-0.2, -0.15) is 0 Å². The van der Waals surface area contributed by atoms with E-state index in [-0.39, 0.29) is 6.73 Å². The summed E-state index contributed by atoms with van der Waals surface area (Å²) in [5, 5.41) is 8.13. The molecule has 1 N–H and O–H groups in total. The molecule has 1 aliphatic rings. The lowest BCUT2D eigenvalue weighted by Gasteiger charge is -1.81. The second-order valence-corrected chi connectivity index (χ2v) is 1.26. The predicted molar refractivity (Wildman–Crippen MR) is 18.7 cm³/mol. The standard InChI is InChI=1S/C3H7NO/c5-3-4-1-2-4/h5H,1-3H2. The molecule has 1 rings (SSSR count). The Morgan fingerprint density at radius 2 is 2.20 bits per heavy atom. The molecule has 0 amide bonds. The average Bonchev–Trinajstić information content (AvgIpc) is 2.12. The Morgan fingerprint density at radius 1 is 1.60 bits per heavy atom. The van der Waals surface area contributed by atoms with Gasteiger partial charge in [0.05, 0.1) is 6.73 Å². The zero-order valence-corrected chi connectivity index (χ0v) is 3.02. The first kappa shape index (κ1) is 3.12. The maximum Gasteiger partial charge on any atom is 0.0957 e. The molecule has 0 radical (unpaired) electrons. The first-order valence-corrected chi connectivity index (χ1v) is 1.76. The predicted octanol–water partition coefficient (Wildman–Crippen LogP) is -0.748. The van der Waals surface area contributed by atoms with Crippen LogP contribution < -0.4 is 0 Å². The van der Waals surface area contributed by atoms with Crippen molar-refractivity contribution in [1.29, 1.82) is 0 Å². The Kier molecular flexibility index (Phi) is 0.596. The zero-order chi connectivity index (χ0) is 3.70. The maximum atomic E-state index is 8.13. The van der Waals surface area contributed by atoms with Crippen LogP contribution in [0.15, 0.2) is 0 Å². The van der Waals surface area contributed by atoms with E-state index in [2.05, 4.69) is 0 Å². The molecule has 2 nitrogen and oxygen atoms in total. The third kappa shape index (κ3) is 0.597. The lowest BCUT2D eigenvalue weighted by molar-refractivity contribution is 0.205. The van der Waals surface area contributed by atoms with Crippen molar-refractivity contribution in [2.75, 3.05) is 19.8 Å². The summed E-state index contributed by atoms with van der Waals surface area (Å²) in [5.41, 5.74) is 0. The van der Waals surface area contributed by atoms with Crippen LogP contribution in [0, 0.1) is 0 Å². The molecule has 0 saturated carbocycles. The summed E-state index contributed by atoms with van der Waals surface area (Å²) >= 11 is 0. The Morgan fingerprint density at radius 3 is 2.20 bits per heavy atom. The van der Waals surface area contributed by atoms with Gasteiger partial charge >= 0.3 is 0 Å². The first-order valence-electron chi connectivity index (χ1n) is 1.76. The Bertz CT molecular complexity index is 33.9. The van der Waals surface area contributed by atoms with Crippen molar-refractivity contribution >= 4 is 0 Å². The van der Waals surface area contributed by atoms with Crippen molar-refractivity contribution in [1.82, 2.24) is 4.90 Å². The van der Waals surface area contributed by atoms with Crippen molar-refractivity contribution in [2.45, 2.75) is 0 Å². The van der Waals surface area contributed by atoms with Gasteiger partial charge in [0.15, 0.2) is 0 Å². The molecule has 1 heterocycles. The maximum absolute atomic E-state index is 8.13. The molecule has 0 aromatic carbocycles. The monoisotopic (exact) mass is 73.1 g/mol. The van der Waals surface area contributed by atoms with Gasteiger partial charge in [-0.3, -0.25) is 4.90 Å². The highest BCUT2D eigenvalue weighted by Gasteiger charge is 2.13. The third-order valence-corrected chi connectivity index (χ3v) is 0.740. The molecule has 30 valence electrons. The highest BCUT2D eigenvalue weighted by atomic mass is 16.3. The lowest BCUT2D eigenvalue weighted by atomic mass is 11.0. The molecular formula is C3H7NO. The van der Waals surface area contributed by atoms with Gasteiger partial charge in [-0.05, 0) is 0 Å². The van der Waals surface area contributed by atoms with Gasteiger partial charge in [-0.15, -0.1) is 0 Å². The highest BCUT2D eigenvalue weighted by molar-refractivity contribution is 4.66. The van der Waals surface area contributed by atoms with Crippen LogP contribution in [0.1, 0.15) is 0 Å². The largest absolute Gasteiger partial charge is 0.381 e. The molecule has 0 spiro atoms. The second-order valence-electron chi connectivity index (χ2n) is 1.26. The van der Waals surface area contributed by atoms with Crippen LogP contribution in [0.25, 0.3) is 0 Å². The molecule has 0 aliphatic carbocycles. The van der Waals surface area contributed by atoms with Crippen LogP contribution >= 0.6 is 0 Å². The summed E-state index contributed by atoms with van der Waals surface area (Å²) in [7, 11) is 0. The van der Waals surface area contributed by atoms with Crippen molar-refractivity contribution in [2.24, 2.45) is 0 Å². The van der Waals surface area contributed by atoms with Gasteiger partial charge in [-0.1, -0.05) is 0 Å². The van der Waals surface area contributed by atoms with E-state index in [4.69, 9.17) is 5.11 Å². The molecule has 0 aromatic heterocycles. The summed E-state index contributed by atoms with van der Waals surface area (Å²) in [4.78, 5) is 1.93. The van der Waals surface area contributed by atoms with Gasteiger partial charge in [0.25, 0.3) is 0 Å². The summed E-state index contributed by atoms with van der Waals surface area (Å²) in [5.74, 6) is 0. The number of hydrogen-bond acceptors (Lipinski definition) is 2. The smallest absolute Gasteiger partial charge is 0.0957 e. The number of rotatable bonds is 1. The van der Waals surface area contributed by atoms with Crippen LogP contribution in [0.5, 0.6) is 0 Å². The molecule has 0 atom stereocenters. The van der Waals surface area contributed by atoms with E-state index < -0.39 is 0 Å². The zero-order valence-electron chi connectivity index (χ0n) is 3.02. The molecule has 0 aromatic rings. The Balaban J connectivity index is 2.00. The third-order valence-electron chi connectivity index (χ3n) is 0.740. The minimum absolute atomic E-state index is 0.250. The summed E-state index contributed by atoms with van der Waals surface area (Å²) in [6, 6.07) is 0. The quantitative estimate of drug-likeness (QED) is 0.413. The van der Waals surface area contributed by atoms with E-state index >= 15 is 0 Å². The van der Waals surface area contributed by atoms with Crippen molar-refractivity contribution in [3.05, 3.63) is 0 Å². The van der Waals surface area contributed by atoms with Crippen LogP contribution in [-0.2, 0) is 0 Å². The molecule has 5 heavy (non-hydrogen) atoms. The van der Waals surface area contributed by atoms with E-state index in [1.807, 2.05) is 4.90 Å².